The largest absolute Gasteiger partial charge is 0.379 e. The van der Waals surface area contributed by atoms with E-state index in [1.165, 1.54) is 0 Å². The molecule has 2 aliphatic heterocycles. The van der Waals surface area contributed by atoms with E-state index in [1.54, 1.807) is 6.20 Å². The van der Waals surface area contributed by atoms with Crippen LogP contribution in [-0.4, -0.2) is 59.8 Å². The second kappa shape index (κ2) is 7.11. The molecule has 1 amide bonds. The number of carbonyl (C=O) groups is 1. The first-order chi connectivity index (χ1) is 12.7. The molecule has 4 heterocycles. The van der Waals surface area contributed by atoms with Gasteiger partial charge in [-0.1, -0.05) is 0 Å². The number of ether oxygens (including phenoxy) is 1. The zero-order valence-electron chi connectivity index (χ0n) is 15.3. The number of nitrogens with zero attached hydrogens (tertiary/aromatic N) is 4. The number of likely N-dealkylation sites (tertiary alicyclic amines) is 1. The molecule has 0 N–H and O–H groups in total. The maximum absolute atomic E-state index is 12.8. The van der Waals surface area contributed by atoms with E-state index in [2.05, 4.69) is 16.0 Å². The molecule has 0 radical (unpaired) electrons. The van der Waals surface area contributed by atoms with E-state index in [1.807, 2.05) is 47.1 Å². The summed E-state index contributed by atoms with van der Waals surface area (Å²) in [7, 11) is 1.92. The van der Waals surface area contributed by atoms with Crippen LogP contribution in [0.5, 0.6) is 0 Å². The zero-order chi connectivity index (χ0) is 18.0. The minimum Gasteiger partial charge on any atom is -0.379 e. The second-order valence-electron chi connectivity index (χ2n) is 7.48. The molecule has 0 bridgehead atoms. The van der Waals surface area contributed by atoms with Crippen molar-refractivity contribution in [3.8, 4) is 0 Å². The molecule has 2 aliphatic rings. The Morgan fingerprint density at radius 3 is 2.73 bits per heavy atom. The van der Waals surface area contributed by atoms with Crippen LogP contribution in [0.4, 0.5) is 5.69 Å². The zero-order valence-corrected chi connectivity index (χ0v) is 15.3. The highest BCUT2D eigenvalue weighted by molar-refractivity contribution is 5.92. The van der Waals surface area contributed by atoms with E-state index in [4.69, 9.17) is 4.74 Å². The molecule has 26 heavy (non-hydrogen) atoms. The Morgan fingerprint density at radius 1 is 1.19 bits per heavy atom. The van der Waals surface area contributed by atoms with Crippen LogP contribution >= 0.6 is 0 Å². The summed E-state index contributed by atoms with van der Waals surface area (Å²) >= 11 is 0. The minimum atomic E-state index is 0.108. The van der Waals surface area contributed by atoms with Gasteiger partial charge in [0.15, 0.2) is 0 Å². The first-order valence-corrected chi connectivity index (χ1v) is 9.30. The van der Waals surface area contributed by atoms with Crippen LogP contribution in [0.15, 0.2) is 42.9 Å². The SMILES string of the molecule is Cn1cccc1C(=O)N1CCC2(CC1)COCCN(c1cccnc1)C2. The molecule has 6 heteroatoms. The van der Waals surface area contributed by atoms with E-state index in [0.717, 1.165) is 63.6 Å². The number of aryl methyl sites for hydroxylation is 1. The maximum atomic E-state index is 12.8. The molecule has 0 unspecified atom stereocenters. The van der Waals surface area contributed by atoms with Crippen molar-refractivity contribution in [1.82, 2.24) is 14.5 Å². The number of amides is 1. The molecule has 0 atom stereocenters. The number of piperidine rings is 1. The highest BCUT2D eigenvalue weighted by Crippen LogP contribution is 2.36. The van der Waals surface area contributed by atoms with Gasteiger partial charge in [-0.15, -0.1) is 0 Å². The first kappa shape index (κ1) is 17.1. The lowest BCUT2D eigenvalue weighted by Crippen LogP contribution is -2.49. The summed E-state index contributed by atoms with van der Waals surface area (Å²) in [6.07, 6.45) is 7.60. The minimum absolute atomic E-state index is 0.108. The summed E-state index contributed by atoms with van der Waals surface area (Å²) in [4.78, 5) is 21.4. The van der Waals surface area contributed by atoms with Crippen molar-refractivity contribution >= 4 is 11.6 Å². The molecule has 6 nitrogen and oxygen atoms in total. The topological polar surface area (TPSA) is 50.6 Å². The van der Waals surface area contributed by atoms with Crippen LogP contribution < -0.4 is 4.90 Å². The first-order valence-electron chi connectivity index (χ1n) is 9.30. The van der Waals surface area contributed by atoms with E-state index in [-0.39, 0.29) is 11.3 Å². The van der Waals surface area contributed by atoms with Gasteiger partial charge in [-0.2, -0.15) is 0 Å². The quantitative estimate of drug-likeness (QED) is 0.829. The standard InChI is InChI=1S/C20H26N4O2/c1-22-9-3-5-18(22)19(25)23-10-6-20(7-11-23)15-24(12-13-26-16-20)17-4-2-8-21-14-17/h2-5,8-9,14H,6-7,10-13,15-16H2,1H3. The van der Waals surface area contributed by atoms with Crippen molar-refractivity contribution in [1.29, 1.82) is 0 Å². The normalized spacial score (nSPS) is 20.2. The predicted molar refractivity (Wildman–Crippen MR) is 100 cm³/mol. The molecule has 2 saturated heterocycles. The molecule has 2 aromatic rings. The number of anilines is 1. The highest BCUT2D eigenvalue weighted by Gasteiger charge is 2.39. The van der Waals surface area contributed by atoms with Gasteiger partial charge in [0.05, 0.1) is 25.1 Å². The van der Waals surface area contributed by atoms with Gasteiger partial charge in [0.1, 0.15) is 5.69 Å². The average Bonchev–Trinajstić information content (AvgIpc) is 3.00. The van der Waals surface area contributed by atoms with Gasteiger partial charge >= 0.3 is 0 Å². The Balaban J connectivity index is 1.45. The highest BCUT2D eigenvalue weighted by atomic mass is 16.5. The Labute approximate surface area is 154 Å². The third-order valence-corrected chi connectivity index (χ3v) is 5.73. The van der Waals surface area contributed by atoms with Crippen molar-refractivity contribution in [2.24, 2.45) is 12.5 Å². The van der Waals surface area contributed by atoms with Gasteiger partial charge in [0.25, 0.3) is 5.91 Å². The fraction of sp³-hybridized carbons (Fsp3) is 0.500. The molecular formula is C20H26N4O2. The Morgan fingerprint density at radius 2 is 2.04 bits per heavy atom. The van der Waals surface area contributed by atoms with Crippen molar-refractivity contribution in [2.75, 3.05) is 44.3 Å². The van der Waals surface area contributed by atoms with Crippen LogP contribution in [0, 0.1) is 5.41 Å². The van der Waals surface area contributed by atoms with E-state index in [0.29, 0.717) is 0 Å². The van der Waals surface area contributed by atoms with Gasteiger partial charge in [-0.05, 0) is 37.1 Å². The molecule has 4 rings (SSSR count). The van der Waals surface area contributed by atoms with Crippen LogP contribution in [0.3, 0.4) is 0 Å². The molecule has 2 aromatic heterocycles. The number of aromatic nitrogens is 2. The summed E-state index contributed by atoms with van der Waals surface area (Å²) in [5, 5.41) is 0. The van der Waals surface area contributed by atoms with Gasteiger partial charge < -0.3 is 19.1 Å². The maximum Gasteiger partial charge on any atom is 0.270 e. The van der Waals surface area contributed by atoms with Crippen molar-refractivity contribution in [3.05, 3.63) is 48.5 Å². The van der Waals surface area contributed by atoms with Crippen molar-refractivity contribution < 1.29 is 9.53 Å². The van der Waals surface area contributed by atoms with Crippen molar-refractivity contribution in [3.63, 3.8) is 0 Å². The number of hydrogen-bond donors (Lipinski definition) is 0. The van der Waals surface area contributed by atoms with Crippen LogP contribution in [0.1, 0.15) is 23.3 Å². The Kier molecular flexibility index (Phi) is 4.68. The van der Waals surface area contributed by atoms with Crippen LogP contribution in [0.25, 0.3) is 0 Å². The monoisotopic (exact) mass is 354 g/mol. The van der Waals surface area contributed by atoms with Crippen LogP contribution in [-0.2, 0) is 11.8 Å². The molecule has 138 valence electrons. The fourth-order valence-electron chi connectivity index (χ4n) is 4.09. The lowest BCUT2D eigenvalue weighted by Gasteiger charge is -2.43. The molecule has 2 fully saturated rings. The van der Waals surface area contributed by atoms with Crippen molar-refractivity contribution in [2.45, 2.75) is 12.8 Å². The third kappa shape index (κ3) is 3.33. The number of carbonyl (C=O) groups excluding carboxylic acids is 1. The molecular weight excluding hydrogens is 328 g/mol. The molecule has 1 spiro atoms. The Hall–Kier alpha value is -2.34. The lowest BCUT2D eigenvalue weighted by atomic mass is 9.78. The molecule has 0 saturated carbocycles. The lowest BCUT2D eigenvalue weighted by molar-refractivity contribution is 0.0204. The second-order valence-corrected chi connectivity index (χ2v) is 7.48. The molecule has 0 aromatic carbocycles. The van der Waals surface area contributed by atoms with E-state index < -0.39 is 0 Å². The molecule has 0 aliphatic carbocycles. The van der Waals surface area contributed by atoms with Gasteiger partial charge in [-0.25, -0.2) is 0 Å². The van der Waals surface area contributed by atoms with Crippen LogP contribution in [0.2, 0.25) is 0 Å². The fourth-order valence-corrected chi connectivity index (χ4v) is 4.09. The predicted octanol–water partition coefficient (Wildman–Crippen LogP) is 2.18. The van der Waals surface area contributed by atoms with E-state index in [9.17, 15) is 4.79 Å². The van der Waals surface area contributed by atoms with Gasteiger partial charge in [-0.3, -0.25) is 9.78 Å². The van der Waals surface area contributed by atoms with E-state index >= 15 is 0 Å². The van der Waals surface area contributed by atoms with Gasteiger partial charge in [0, 0.05) is 51.0 Å². The number of rotatable bonds is 2. The number of hydrogen-bond acceptors (Lipinski definition) is 4. The summed E-state index contributed by atoms with van der Waals surface area (Å²) in [5.74, 6) is 0.131. The average molecular weight is 354 g/mol. The third-order valence-electron chi connectivity index (χ3n) is 5.73. The summed E-state index contributed by atoms with van der Waals surface area (Å²) in [6, 6.07) is 7.91. The van der Waals surface area contributed by atoms with Gasteiger partial charge in [0.2, 0.25) is 0 Å². The number of pyridine rings is 1. The summed E-state index contributed by atoms with van der Waals surface area (Å²) in [5.41, 5.74) is 2.02. The summed E-state index contributed by atoms with van der Waals surface area (Å²) < 4.78 is 7.85. The summed E-state index contributed by atoms with van der Waals surface area (Å²) in [6.45, 7) is 4.94. The smallest absolute Gasteiger partial charge is 0.270 e. The Bertz CT molecular complexity index is 750.